The monoisotopic (exact) mass is 374 g/mol. The molecular weight excluding hydrogens is 355 g/mol. The van der Waals surface area contributed by atoms with Gasteiger partial charge in [0.15, 0.2) is 0 Å². The number of fused-ring (bicyclic) bond motifs is 1. The Morgan fingerprint density at radius 1 is 1.38 bits per heavy atom. The number of thiol groups is 1. The van der Waals surface area contributed by atoms with Crippen LogP contribution in [0.3, 0.4) is 0 Å². The van der Waals surface area contributed by atoms with Crippen molar-refractivity contribution in [2.75, 3.05) is 13.1 Å². The number of benzene rings is 1. The first-order valence-corrected chi connectivity index (χ1v) is 8.55. The Morgan fingerprint density at radius 2 is 2.12 bits per heavy atom. The van der Waals surface area contributed by atoms with E-state index in [1.54, 1.807) is 35.8 Å². The molecule has 1 amide bonds. The number of hydroxylamine groups is 1. The molecule has 3 rings (SSSR count). The van der Waals surface area contributed by atoms with E-state index in [0.29, 0.717) is 30.6 Å². The molecule has 8 heteroatoms. The summed E-state index contributed by atoms with van der Waals surface area (Å²) in [4.78, 5) is 21.8. The number of allylic oxidation sites excluding steroid dienone is 2. The Bertz CT molecular complexity index is 898. The normalized spacial score (nSPS) is 16.7. The summed E-state index contributed by atoms with van der Waals surface area (Å²) in [5, 5.41) is 8.73. The second-order valence-corrected chi connectivity index (χ2v) is 7.30. The highest BCUT2D eigenvalue weighted by Crippen LogP contribution is 2.30. The predicted octanol–water partition coefficient (Wildman–Crippen LogP) is 2.72. The summed E-state index contributed by atoms with van der Waals surface area (Å²) in [7, 11) is 0. The summed E-state index contributed by atoms with van der Waals surface area (Å²) >= 11 is 4.25. The number of halogens is 1. The molecule has 1 aliphatic rings. The third-order valence-electron chi connectivity index (χ3n) is 4.34. The number of aromatic nitrogens is 2. The fraction of sp³-hybridized carbons (Fsp3) is 0.278. The Kier molecular flexibility index (Phi) is 5.24. The zero-order valence-corrected chi connectivity index (χ0v) is 15.1. The van der Waals surface area contributed by atoms with E-state index in [1.165, 1.54) is 6.20 Å². The van der Waals surface area contributed by atoms with E-state index in [-0.39, 0.29) is 5.83 Å². The van der Waals surface area contributed by atoms with Crippen LogP contribution in [-0.2, 0) is 4.79 Å². The second kappa shape index (κ2) is 7.43. The smallest absolute Gasteiger partial charge is 0.259 e. The molecule has 1 aromatic heterocycles. The zero-order valence-electron chi connectivity index (χ0n) is 14.2. The molecule has 1 aliphatic heterocycles. The van der Waals surface area contributed by atoms with Gasteiger partial charge in [0, 0.05) is 37.3 Å². The number of amides is 1. The van der Waals surface area contributed by atoms with Gasteiger partial charge >= 0.3 is 0 Å². The molecule has 2 N–H and O–H groups in total. The molecule has 0 aliphatic carbocycles. The summed E-state index contributed by atoms with van der Waals surface area (Å²) in [5.74, 6) is -0.942. The maximum atomic E-state index is 14.6. The van der Waals surface area contributed by atoms with E-state index in [2.05, 4.69) is 22.6 Å². The van der Waals surface area contributed by atoms with Crippen LogP contribution in [0, 0.1) is 0 Å². The van der Waals surface area contributed by atoms with Crippen molar-refractivity contribution < 1.29 is 14.4 Å². The van der Waals surface area contributed by atoms with Gasteiger partial charge in [0.1, 0.15) is 5.83 Å². The molecule has 2 heterocycles. The topological polar surface area (TPSA) is 78.4 Å². The lowest BCUT2D eigenvalue weighted by molar-refractivity contribution is -0.131. The summed E-state index contributed by atoms with van der Waals surface area (Å²) in [5.41, 5.74) is 4.32. The number of carbonyl (C=O) groups is 1. The van der Waals surface area contributed by atoms with Crippen molar-refractivity contribution in [3.63, 3.8) is 0 Å². The van der Waals surface area contributed by atoms with Crippen molar-refractivity contribution in [2.24, 2.45) is 0 Å². The summed E-state index contributed by atoms with van der Waals surface area (Å²) in [6, 6.07) is 5.45. The molecule has 1 aromatic carbocycles. The lowest BCUT2D eigenvalue weighted by atomic mass is 10.0. The van der Waals surface area contributed by atoms with Crippen LogP contribution in [0.25, 0.3) is 16.6 Å². The van der Waals surface area contributed by atoms with Crippen molar-refractivity contribution >= 4 is 35.1 Å². The van der Waals surface area contributed by atoms with Crippen LogP contribution < -0.4 is 5.48 Å². The molecule has 0 radical (unpaired) electrons. The molecule has 2 aromatic rings. The molecule has 136 valence electrons. The third kappa shape index (κ3) is 3.86. The van der Waals surface area contributed by atoms with Crippen LogP contribution in [0.1, 0.15) is 18.9 Å². The van der Waals surface area contributed by atoms with E-state index in [0.717, 1.165) is 11.1 Å². The Hall–Kier alpha value is -2.45. The van der Waals surface area contributed by atoms with Gasteiger partial charge in [-0.05, 0) is 31.0 Å². The largest absolute Gasteiger partial charge is 0.371 e. The number of hydrogen-bond donors (Lipinski definition) is 3. The van der Waals surface area contributed by atoms with Crippen LogP contribution in [0.2, 0.25) is 0 Å². The minimum absolute atomic E-state index is 0.348. The summed E-state index contributed by atoms with van der Waals surface area (Å²) < 4.78 is 13.6. The molecule has 0 bridgehead atoms. The SMILES string of the molecule is C[C@@](S)(CCN1C=C(F)C(c2ccc3nccnc3c2)=CC1)C(=O)NO. The first kappa shape index (κ1) is 18.3. The van der Waals surface area contributed by atoms with Crippen molar-refractivity contribution in [1.82, 2.24) is 20.3 Å². The molecular formula is C18H19FN4O2S. The van der Waals surface area contributed by atoms with Crippen molar-refractivity contribution in [3.8, 4) is 0 Å². The molecule has 0 fully saturated rings. The highest BCUT2D eigenvalue weighted by molar-refractivity contribution is 7.82. The van der Waals surface area contributed by atoms with Crippen LogP contribution >= 0.6 is 12.6 Å². The van der Waals surface area contributed by atoms with Gasteiger partial charge in [-0.3, -0.25) is 20.0 Å². The molecule has 0 spiro atoms. The first-order valence-electron chi connectivity index (χ1n) is 8.11. The minimum atomic E-state index is -1.04. The van der Waals surface area contributed by atoms with Crippen molar-refractivity contribution in [3.05, 3.63) is 54.3 Å². The number of rotatable bonds is 5. The van der Waals surface area contributed by atoms with Gasteiger partial charge in [-0.15, -0.1) is 0 Å². The van der Waals surface area contributed by atoms with Gasteiger partial charge in [-0.25, -0.2) is 9.87 Å². The first-order chi connectivity index (χ1) is 12.4. The number of nitrogens with zero attached hydrogens (tertiary/aromatic N) is 3. The number of nitrogens with one attached hydrogen (secondary N) is 1. The summed E-state index contributed by atoms with van der Waals surface area (Å²) in [6.45, 7) is 2.53. The third-order valence-corrected chi connectivity index (χ3v) is 4.77. The van der Waals surface area contributed by atoms with Gasteiger partial charge in [-0.1, -0.05) is 12.1 Å². The standard InChI is InChI=1S/C18H19FN4O2S/c1-18(26,17(24)22-25)5-9-23-8-4-13(14(19)11-23)12-2-3-15-16(10-12)21-7-6-20-15/h2-4,6-7,10-11,25-26H,5,8-9H2,1H3,(H,22,24)/t18-/m1/s1. The second-order valence-electron chi connectivity index (χ2n) is 6.31. The average Bonchev–Trinajstić information content (AvgIpc) is 2.65. The van der Waals surface area contributed by atoms with E-state index in [9.17, 15) is 9.18 Å². The van der Waals surface area contributed by atoms with Gasteiger partial charge in [-0.2, -0.15) is 12.6 Å². The molecule has 0 saturated heterocycles. The van der Waals surface area contributed by atoms with E-state index in [4.69, 9.17) is 5.21 Å². The van der Waals surface area contributed by atoms with E-state index in [1.807, 2.05) is 18.2 Å². The lowest BCUT2D eigenvalue weighted by Gasteiger charge is -2.28. The Balaban J connectivity index is 1.71. The van der Waals surface area contributed by atoms with Crippen molar-refractivity contribution in [1.29, 1.82) is 0 Å². The van der Waals surface area contributed by atoms with Gasteiger partial charge in [0.2, 0.25) is 0 Å². The van der Waals surface area contributed by atoms with Gasteiger partial charge in [0.05, 0.1) is 15.8 Å². The highest BCUT2D eigenvalue weighted by Gasteiger charge is 2.29. The Morgan fingerprint density at radius 3 is 2.81 bits per heavy atom. The molecule has 0 unspecified atom stereocenters. The van der Waals surface area contributed by atoms with Crippen molar-refractivity contribution in [2.45, 2.75) is 18.1 Å². The zero-order chi connectivity index (χ0) is 18.7. The minimum Gasteiger partial charge on any atom is -0.371 e. The molecule has 0 saturated carbocycles. The maximum Gasteiger partial charge on any atom is 0.259 e. The van der Waals surface area contributed by atoms with E-state index >= 15 is 0 Å². The number of carbonyl (C=O) groups excluding carboxylic acids is 1. The summed E-state index contributed by atoms with van der Waals surface area (Å²) in [6.07, 6.45) is 6.80. The van der Waals surface area contributed by atoms with Crippen LogP contribution in [0.5, 0.6) is 0 Å². The van der Waals surface area contributed by atoms with Gasteiger partial charge in [0.25, 0.3) is 5.91 Å². The van der Waals surface area contributed by atoms with Crippen LogP contribution in [0.4, 0.5) is 4.39 Å². The Labute approximate surface area is 155 Å². The highest BCUT2D eigenvalue weighted by atomic mass is 32.1. The quantitative estimate of drug-likeness (QED) is 0.426. The number of hydrogen-bond acceptors (Lipinski definition) is 6. The fourth-order valence-corrected chi connectivity index (χ4v) is 2.88. The van der Waals surface area contributed by atoms with E-state index < -0.39 is 10.7 Å². The molecule has 1 atom stereocenters. The van der Waals surface area contributed by atoms with Crippen LogP contribution in [0.15, 0.2) is 48.7 Å². The molecule has 26 heavy (non-hydrogen) atoms. The average molecular weight is 374 g/mol. The molecule has 6 nitrogen and oxygen atoms in total. The van der Waals surface area contributed by atoms with Gasteiger partial charge < -0.3 is 4.90 Å². The fourth-order valence-electron chi connectivity index (χ4n) is 2.73. The lowest BCUT2D eigenvalue weighted by Crippen LogP contribution is -2.41. The maximum absolute atomic E-state index is 14.6. The van der Waals surface area contributed by atoms with Crippen LogP contribution in [-0.4, -0.2) is 43.8 Å². The predicted molar refractivity (Wildman–Crippen MR) is 100 cm³/mol.